The predicted molar refractivity (Wildman–Crippen MR) is 78.0 cm³/mol. The molecule has 0 spiro atoms. The number of fused-ring (bicyclic) bond motifs is 1. The van der Waals surface area contributed by atoms with Gasteiger partial charge in [0.05, 0.1) is 23.2 Å². The number of carbonyl (C=O) groups is 1. The van der Waals surface area contributed by atoms with Gasteiger partial charge in [0.25, 0.3) is 0 Å². The van der Waals surface area contributed by atoms with Gasteiger partial charge in [-0.3, -0.25) is 0 Å². The van der Waals surface area contributed by atoms with E-state index in [-0.39, 0.29) is 5.56 Å². The highest BCUT2D eigenvalue weighted by Gasteiger charge is 2.07. The van der Waals surface area contributed by atoms with Crippen molar-refractivity contribution in [3.63, 3.8) is 0 Å². The lowest BCUT2D eigenvalue weighted by Gasteiger charge is -2.01. The Kier molecular flexibility index (Phi) is 3.66. The van der Waals surface area contributed by atoms with Crippen LogP contribution in [0.25, 0.3) is 11.0 Å². The zero-order valence-electron chi connectivity index (χ0n) is 11.2. The third kappa shape index (κ3) is 3.09. The van der Waals surface area contributed by atoms with Gasteiger partial charge in [0.1, 0.15) is 12.4 Å². The average Bonchev–Trinajstić information content (AvgIpc) is 2.90. The van der Waals surface area contributed by atoms with Crippen LogP contribution >= 0.6 is 0 Å². The van der Waals surface area contributed by atoms with Crippen LogP contribution in [0.3, 0.4) is 0 Å². The molecule has 0 aliphatic rings. The number of nitrogens with zero attached hydrogens (tertiary/aromatic N) is 1. The second-order valence-corrected chi connectivity index (χ2v) is 4.70. The van der Waals surface area contributed by atoms with Crippen LogP contribution in [0.2, 0.25) is 0 Å². The van der Waals surface area contributed by atoms with E-state index in [1.807, 2.05) is 30.3 Å². The van der Waals surface area contributed by atoms with Gasteiger partial charge in [-0.05, 0) is 23.8 Å². The number of rotatable bonds is 5. The molecule has 3 rings (SSSR count). The Labute approximate surface area is 121 Å². The molecule has 0 radical (unpaired) electrons. The summed E-state index contributed by atoms with van der Waals surface area (Å²) in [6.07, 6.45) is 0. The van der Waals surface area contributed by atoms with Gasteiger partial charge in [0.2, 0.25) is 0 Å². The standard InChI is InChI=1S/C16H14N2O3/c19-16(20)12-6-7-13-14(8-12)18-15(17-13)10-21-9-11-4-2-1-3-5-11/h1-8H,9-10H2,(H,17,18)(H,19,20). The SMILES string of the molecule is O=C(O)c1ccc2nc(COCc3ccccc3)[nH]c2c1. The Morgan fingerprint density at radius 2 is 1.95 bits per heavy atom. The molecule has 0 bridgehead atoms. The van der Waals surface area contributed by atoms with Crippen LogP contribution in [0.4, 0.5) is 0 Å². The molecule has 5 heteroatoms. The van der Waals surface area contributed by atoms with E-state index in [1.54, 1.807) is 18.2 Å². The van der Waals surface area contributed by atoms with Crippen molar-refractivity contribution in [3.05, 3.63) is 65.5 Å². The van der Waals surface area contributed by atoms with E-state index in [2.05, 4.69) is 9.97 Å². The number of hydrogen-bond acceptors (Lipinski definition) is 3. The molecule has 5 nitrogen and oxygen atoms in total. The molecule has 0 saturated heterocycles. The van der Waals surface area contributed by atoms with Gasteiger partial charge in [-0.1, -0.05) is 30.3 Å². The Balaban J connectivity index is 1.68. The maximum absolute atomic E-state index is 10.9. The molecule has 1 aromatic heterocycles. The summed E-state index contributed by atoms with van der Waals surface area (Å²) in [6, 6.07) is 14.7. The highest BCUT2D eigenvalue weighted by atomic mass is 16.5. The molecule has 106 valence electrons. The monoisotopic (exact) mass is 282 g/mol. The maximum atomic E-state index is 10.9. The summed E-state index contributed by atoms with van der Waals surface area (Å²) in [6.45, 7) is 0.865. The van der Waals surface area contributed by atoms with Crippen molar-refractivity contribution in [2.24, 2.45) is 0 Å². The van der Waals surface area contributed by atoms with Crippen molar-refractivity contribution in [1.82, 2.24) is 9.97 Å². The van der Waals surface area contributed by atoms with Crippen molar-refractivity contribution in [2.45, 2.75) is 13.2 Å². The topological polar surface area (TPSA) is 75.2 Å². The lowest BCUT2D eigenvalue weighted by atomic mass is 10.2. The van der Waals surface area contributed by atoms with Gasteiger partial charge < -0.3 is 14.8 Å². The zero-order valence-corrected chi connectivity index (χ0v) is 11.2. The molecule has 0 fully saturated rings. The van der Waals surface area contributed by atoms with Crippen LogP contribution in [0.1, 0.15) is 21.7 Å². The second-order valence-electron chi connectivity index (χ2n) is 4.70. The number of hydrogen-bond donors (Lipinski definition) is 2. The summed E-state index contributed by atoms with van der Waals surface area (Å²) in [7, 11) is 0. The molecule has 0 saturated carbocycles. The Bertz CT molecular complexity index is 766. The van der Waals surface area contributed by atoms with Gasteiger partial charge in [-0.25, -0.2) is 9.78 Å². The minimum atomic E-state index is -0.951. The average molecular weight is 282 g/mol. The predicted octanol–water partition coefficient (Wildman–Crippen LogP) is 2.98. The number of imidazole rings is 1. The minimum Gasteiger partial charge on any atom is -0.478 e. The lowest BCUT2D eigenvalue weighted by Crippen LogP contribution is -1.95. The molecule has 2 aromatic carbocycles. The van der Waals surface area contributed by atoms with Crippen LogP contribution in [0, 0.1) is 0 Å². The molecular weight excluding hydrogens is 268 g/mol. The molecule has 3 aromatic rings. The molecular formula is C16H14N2O3. The van der Waals surface area contributed by atoms with Crippen molar-refractivity contribution in [2.75, 3.05) is 0 Å². The van der Waals surface area contributed by atoms with E-state index in [4.69, 9.17) is 9.84 Å². The first-order valence-corrected chi connectivity index (χ1v) is 6.56. The normalized spacial score (nSPS) is 10.9. The van der Waals surface area contributed by atoms with Crippen LogP contribution in [-0.2, 0) is 18.0 Å². The highest BCUT2D eigenvalue weighted by molar-refractivity contribution is 5.92. The van der Waals surface area contributed by atoms with Gasteiger partial charge in [0, 0.05) is 0 Å². The second kappa shape index (κ2) is 5.76. The van der Waals surface area contributed by atoms with Crippen LogP contribution in [-0.4, -0.2) is 21.0 Å². The summed E-state index contributed by atoms with van der Waals surface area (Å²) < 4.78 is 5.60. The highest BCUT2D eigenvalue weighted by Crippen LogP contribution is 2.14. The van der Waals surface area contributed by atoms with E-state index in [1.165, 1.54) is 0 Å². The van der Waals surface area contributed by atoms with Crippen LogP contribution < -0.4 is 0 Å². The molecule has 0 unspecified atom stereocenters. The van der Waals surface area contributed by atoms with Gasteiger partial charge in [-0.2, -0.15) is 0 Å². The number of aromatic nitrogens is 2. The molecule has 0 amide bonds. The summed E-state index contributed by atoms with van der Waals surface area (Å²) in [5.74, 6) is -0.267. The third-order valence-corrected chi connectivity index (χ3v) is 3.13. The smallest absolute Gasteiger partial charge is 0.335 e. The van der Waals surface area contributed by atoms with E-state index < -0.39 is 5.97 Å². The van der Waals surface area contributed by atoms with Gasteiger partial charge in [-0.15, -0.1) is 0 Å². The van der Waals surface area contributed by atoms with Crippen molar-refractivity contribution in [1.29, 1.82) is 0 Å². The number of H-pyrrole nitrogens is 1. The Morgan fingerprint density at radius 3 is 2.71 bits per heavy atom. The quantitative estimate of drug-likeness (QED) is 0.754. The van der Waals surface area contributed by atoms with E-state index in [9.17, 15) is 4.79 Å². The summed E-state index contributed by atoms with van der Waals surface area (Å²) >= 11 is 0. The van der Waals surface area contributed by atoms with Crippen molar-refractivity contribution < 1.29 is 14.6 Å². The number of aromatic carboxylic acids is 1. The van der Waals surface area contributed by atoms with E-state index >= 15 is 0 Å². The van der Waals surface area contributed by atoms with E-state index in [0.717, 1.165) is 11.1 Å². The number of ether oxygens (including phenoxy) is 1. The number of nitrogens with one attached hydrogen (secondary N) is 1. The molecule has 0 aliphatic carbocycles. The number of aromatic amines is 1. The first kappa shape index (κ1) is 13.3. The van der Waals surface area contributed by atoms with E-state index in [0.29, 0.717) is 24.6 Å². The van der Waals surface area contributed by atoms with Crippen LogP contribution in [0.5, 0.6) is 0 Å². The first-order chi connectivity index (χ1) is 10.2. The summed E-state index contributed by atoms with van der Waals surface area (Å²) in [4.78, 5) is 18.4. The fraction of sp³-hybridized carbons (Fsp3) is 0.125. The fourth-order valence-corrected chi connectivity index (χ4v) is 2.10. The number of carboxylic acid groups (broad SMARTS) is 1. The third-order valence-electron chi connectivity index (χ3n) is 3.13. The zero-order chi connectivity index (χ0) is 14.7. The molecule has 0 aliphatic heterocycles. The number of benzene rings is 2. The summed E-state index contributed by atoms with van der Waals surface area (Å²) in [5, 5.41) is 8.96. The van der Waals surface area contributed by atoms with Crippen molar-refractivity contribution >= 4 is 17.0 Å². The Morgan fingerprint density at radius 1 is 1.14 bits per heavy atom. The molecule has 2 N–H and O–H groups in total. The van der Waals surface area contributed by atoms with Crippen LogP contribution in [0.15, 0.2) is 48.5 Å². The van der Waals surface area contributed by atoms with Gasteiger partial charge >= 0.3 is 5.97 Å². The Hall–Kier alpha value is -2.66. The molecule has 0 atom stereocenters. The maximum Gasteiger partial charge on any atom is 0.335 e. The largest absolute Gasteiger partial charge is 0.478 e. The first-order valence-electron chi connectivity index (χ1n) is 6.56. The molecule has 1 heterocycles. The molecule has 21 heavy (non-hydrogen) atoms. The lowest BCUT2D eigenvalue weighted by molar-refractivity contribution is 0.0697. The number of carboxylic acids is 1. The van der Waals surface area contributed by atoms with Gasteiger partial charge in [0.15, 0.2) is 0 Å². The fourth-order valence-electron chi connectivity index (χ4n) is 2.10. The van der Waals surface area contributed by atoms with Crippen molar-refractivity contribution in [3.8, 4) is 0 Å². The minimum absolute atomic E-state index is 0.239. The summed E-state index contributed by atoms with van der Waals surface area (Å²) in [5.41, 5.74) is 2.77.